The molecule has 0 saturated carbocycles. The van der Waals surface area contributed by atoms with Crippen LogP contribution in [0.3, 0.4) is 0 Å². The fourth-order valence-electron chi connectivity index (χ4n) is 4.63. The Morgan fingerprint density at radius 3 is 2.50 bits per heavy atom. The minimum atomic E-state index is -1.50. The molecule has 1 aliphatic heterocycles. The van der Waals surface area contributed by atoms with Crippen LogP contribution in [0.5, 0.6) is 0 Å². The normalized spacial score (nSPS) is 18.2. The summed E-state index contributed by atoms with van der Waals surface area (Å²) < 4.78 is 1.44. The molecule has 2 atom stereocenters. The van der Waals surface area contributed by atoms with Gasteiger partial charge in [-0.25, -0.2) is 19.5 Å². The quantitative estimate of drug-likeness (QED) is 0.435. The molecule has 1 aromatic heterocycles. The van der Waals surface area contributed by atoms with E-state index in [0.29, 0.717) is 27.4 Å². The fraction of sp³-hybridized carbons (Fsp3) is 0.308. The predicted molar refractivity (Wildman–Crippen MR) is 139 cm³/mol. The number of benzene rings is 2. The fourth-order valence-corrected chi connectivity index (χ4v) is 4.83. The van der Waals surface area contributed by atoms with E-state index in [1.54, 1.807) is 42.5 Å². The molecule has 12 heteroatoms. The molecule has 38 heavy (non-hydrogen) atoms. The summed E-state index contributed by atoms with van der Waals surface area (Å²) in [7, 11) is 0. The highest BCUT2D eigenvalue weighted by atomic mass is 35.5. The molecular formula is C26H26ClN7O4. The Balaban J connectivity index is 1.87. The molecule has 0 radical (unpaired) electrons. The maximum absolute atomic E-state index is 14.4. The van der Waals surface area contributed by atoms with E-state index in [2.05, 4.69) is 26.5 Å². The van der Waals surface area contributed by atoms with Crippen molar-refractivity contribution < 1.29 is 19.8 Å². The zero-order chi connectivity index (χ0) is 27.7. The number of nitriles is 1. The average molecular weight is 536 g/mol. The van der Waals surface area contributed by atoms with Crippen LogP contribution in [0, 0.1) is 16.7 Å². The van der Waals surface area contributed by atoms with E-state index >= 15 is 0 Å². The molecule has 11 nitrogen and oxygen atoms in total. The lowest BCUT2D eigenvalue weighted by Crippen LogP contribution is -2.49. The van der Waals surface area contributed by atoms with E-state index in [9.17, 15) is 25.1 Å². The van der Waals surface area contributed by atoms with Gasteiger partial charge in [-0.1, -0.05) is 50.6 Å². The van der Waals surface area contributed by atoms with Gasteiger partial charge < -0.3 is 10.2 Å². The summed E-state index contributed by atoms with van der Waals surface area (Å²) in [5, 5.41) is 36.1. The largest absolute Gasteiger partial charge is 0.465 e. The number of aromatic nitrogens is 3. The lowest BCUT2D eigenvalue weighted by atomic mass is 9.75. The number of rotatable bonds is 6. The van der Waals surface area contributed by atoms with Gasteiger partial charge in [0, 0.05) is 0 Å². The molecule has 0 spiro atoms. The van der Waals surface area contributed by atoms with Gasteiger partial charge >= 0.3 is 6.09 Å². The summed E-state index contributed by atoms with van der Waals surface area (Å²) in [5.41, 5.74) is -0.0679. The SMILES string of the molecule is CC(C)(C)CC1(c2ccc(C#N)cc2)N=C(NC(=O)O)N([C@H](CO)c2ccc(Cl)c(-n3cncn3)c2)C1=O. The highest BCUT2D eigenvalue weighted by Gasteiger charge is 2.53. The van der Waals surface area contributed by atoms with Crippen LogP contribution < -0.4 is 5.32 Å². The van der Waals surface area contributed by atoms with Crippen molar-refractivity contribution in [2.24, 2.45) is 10.4 Å². The van der Waals surface area contributed by atoms with Crippen LogP contribution in [0.25, 0.3) is 5.69 Å². The van der Waals surface area contributed by atoms with Crippen molar-refractivity contribution in [3.63, 3.8) is 0 Å². The van der Waals surface area contributed by atoms with Gasteiger partial charge in [-0.2, -0.15) is 10.4 Å². The second-order valence-corrected chi connectivity index (χ2v) is 10.5. The first-order valence-electron chi connectivity index (χ1n) is 11.7. The van der Waals surface area contributed by atoms with Gasteiger partial charge in [-0.05, 0) is 47.2 Å². The van der Waals surface area contributed by atoms with E-state index in [4.69, 9.17) is 11.6 Å². The van der Waals surface area contributed by atoms with E-state index in [1.807, 2.05) is 20.8 Å². The number of carbonyl (C=O) groups excluding carboxylic acids is 1. The summed E-state index contributed by atoms with van der Waals surface area (Å²) in [5.74, 6) is -0.732. The van der Waals surface area contributed by atoms with Crippen LogP contribution in [0.15, 0.2) is 60.1 Å². The van der Waals surface area contributed by atoms with Crippen LogP contribution in [0.1, 0.15) is 49.9 Å². The molecule has 2 amide bonds. The van der Waals surface area contributed by atoms with Crippen molar-refractivity contribution in [2.75, 3.05) is 6.61 Å². The average Bonchev–Trinajstić information content (AvgIpc) is 3.48. The molecule has 2 aromatic carbocycles. The predicted octanol–water partition coefficient (Wildman–Crippen LogP) is 3.62. The van der Waals surface area contributed by atoms with E-state index in [-0.39, 0.29) is 12.4 Å². The number of aliphatic hydroxyl groups excluding tert-OH is 1. The number of aliphatic imine (C=N–C) groups is 1. The molecule has 1 unspecified atom stereocenters. The van der Waals surface area contributed by atoms with Gasteiger partial charge in [0.2, 0.25) is 5.96 Å². The van der Waals surface area contributed by atoms with Crippen LogP contribution in [-0.4, -0.2) is 54.4 Å². The summed E-state index contributed by atoms with van der Waals surface area (Å²) in [4.78, 5) is 35.9. The summed E-state index contributed by atoms with van der Waals surface area (Å²) >= 11 is 6.38. The van der Waals surface area contributed by atoms with Crippen molar-refractivity contribution in [1.29, 1.82) is 5.26 Å². The third kappa shape index (κ3) is 5.09. The van der Waals surface area contributed by atoms with Gasteiger partial charge in [0.1, 0.15) is 12.7 Å². The Morgan fingerprint density at radius 1 is 1.24 bits per heavy atom. The lowest BCUT2D eigenvalue weighted by Gasteiger charge is -2.34. The second kappa shape index (κ2) is 10.2. The van der Waals surface area contributed by atoms with Gasteiger partial charge in [-0.15, -0.1) is 0 Å². The van der Waals surface area contributed by atoms with Gasteiger partial charge in [0.15, 0.2) is 5.54 Å². The van der Waals surface area contributed by atoms with E-state index in [0.717, 1.165) is 0 Å². The first-order valence-corrected chi connectivity index (χ1v) is 12.1. The highest BCUT2D eigenvalue weighted by Crippen LogP contribution is 2.45. The number of halogens is 1. The zero-order valence-electron chi connectivity index (χ0n) is 21.0. The van der Waals surface area contributed by atoms with Crippen LogP contribution in [0.2, 0.25) is 5.02 Å². The molecular weight excluding hydrogens is 510 g/mol. The summed E-state index contributed by atoms with van der Waals surface area (Å²) in [6.45, 7) is 5.30. The third-order valence-corrected chi connectivity index (χ3v) is 6.42. The van der Waals surface area contributed by atoms with Crippen LogP contribution in [0.4, 0.5) is 4.79 Å². The maximum atomic E-state index is 14.4. The van der Waals surface area contributed by atoms with Crippen LogP contribution in [-0.2, 0) is 10.3 Å². The minimum absolute atomic E-state index is 0.215. The first kappa shape index (κ1) is 26.8. The number of hydrogen-bond acceptors (Lipinski definition) is 7. The minimum Gasteiger partial charge on any atom is -0.465 e. The smallest absolute Gasteiger partial charge is 0.411 e. The molecule has 0 fully saturated rings. The number of guanidine groups is 1. The molecule has 4 rings (SSSR count). The number of aliphatic hydroxyl groups is 1. The molecule has 2 heterocycles. The Kier molecular flexibility index (Phi) is 7.22. The van der Waals surface area contributed by atoms with Crippen molar-refractivity contribution in [3.05, 3.63) is 76.8 Å². The topological polar surface area (TPSA) is 157 Å². The number of hydrogen-bond donors (Lipinski definition) is 3. The lowest BCUT2D eigenvalue weighted by molar-refractivity contribution is -0.135. The second-order valence-electron chi connectivity index (χ2n) is 10.1. The van der Waals surface area contributed by atoms with Crippen LogP contribution >= 0.6 is 11.6 Å². The summed E-state index contributed by atoms with van der Waals surface area (Å²) in [6.07, 6.45) is 1.62. The third-order valence-electron chi connectivity index (χ3n) is 6.10. The number of carbonyl (C=O) groups is 2. The number of carboxylic acid groups (broad SMARTS) is 1. The Morgan fingerprint density at radius 2 is 1.95 bits per heavy atom. The number of nitrogens with zero attached hydrogens (tertiary/aromatic N) is 6. The first-order chi connectivity index (χ1) is 18.0. The Labute approximate surface area is 224 Å². The van der Waals surface area contributed by atoms with Crippen molar-refractivity contribution in [1.82, 2.24) is 25.0 Å². The molecule has 3 aromatic rings. The molecule has 1 aliphatic rings. The molecule has 0 saturated heterocycles. The summed E-state index contributed by atoms with van der Waals surface area (Å²) in [6, 6.07) is 12.4. The number of amides is 2. The van der Waals surface area contributed by atoms with Gasteiger partial charge in [0.05, 0.1) is 35.0 Å². The Bertz CT molecular complexity index is 1430. The Hall–Kier alpha value is -4.27. The van der Waals surface area contributed by atoms with Crippen molar-refractivity contribution >= 4 is 29.6 Å². The van der Waals surface area contributed by atoms with Crippen molar-refractivity contribution in [2.45, 2.75) is 38.8 Å². The van der Waals surface area contributed by atoms with E-state index < -0.39 is 35.6 Å². The maximum Gasteiger partial charge on any atom is 0.411 e. The zero-order valence-corrected chi connectivity index (χ0v) is 21.7. The molecule has 0 bridgehead atoms. The standard InChI is InChI=1S/C26H26ClN7O4/c1-25(2,3)13-26(18-7-4-16(11-28)5-8-18)22(36)34(23(32-26)31-24(37)38)21(12-35)17-6-9-19(27)20(10-17)33-15-29-14-30-33/h4-10,14-15,21,35H,12-13H2,1-3H3,(H,31,32)(H,37,38)/t21-,26?/m1/s1. The van der Waals surface area contributed by atoms with Gasteiger partial charge in [-0.3, -0.25) is 15.0 Å². The molecule has 3 N–H and O–H groups in total. The molecule has 0 aliphatic carbocycles. The van der Waals surface area contributed by atoms with Crippen molar-refractivity contribution in [3.8, 4) is 11.8 Å². The highest BCUT2D eigenvalue weighted by molar-refractivity contribution is 6.32. The number of nitrogens with one attached hydrogen (secondary N) is 1. The van der Waals surface area contributed by atoms with Gasteiger partial charge in [0.25, 0.3) is 5.91 Å². The van der Waals surface area contributed by atoms with E-state index in [1.165, 1.54) is 22.2 Å². The molecule has 196 valence electrons. The monoisotopic (exact) mass is 535 g/mol.